The number of thioether (sulfide) groups is 1. The average Bonchev–Trinajstić information content (AvgIpc) is 2.82. The summed E-state index contributed by atoms with van der Waals surface area (Å²) >= 11 is 4.94. The molecule has 1 atom stereocenters. The summed E-state index contributed by atoms with van der Waals surface area (Å²) in [7, 11) is -3.67. The van der Waals surface area contributed by atoms with E-state index in [1.165, 1.54) is 29.3 Å². The van der Waals surface area contributed by atoms with Gasteiger partial charge in [0.1, 0.15) is 0 Å². The van der Waals surface area contributed by atoms with E-state index in [9.17, 15) is 8.42 Å². The summed E-state index contributed by atoms with van der Waals surface area (Å²) < 4.78 is 27.0. The van der Waals surface area contributed by atoms with Crippen LogP contribution in [0, 0.1) is 11.3 Å². The van der Waals surface area contributed by atoms with Gasteiger partial charge in [-0.15, -0.1) is 0 Å². The van der Waals surface area contributed by atoms with Crippen molar-refractivity contribution < 1.29 is 13.0 Å². The zero-order chi connectivity index (χ0) is 16.8. The molecule has 0 radical (unpaired) electrons. The second kappa shape index (κ2) is 8.71. The van der Waals surface area contributed by atoms with E-state index in [0.29, 0.717) is 12.2 Å². The van der Waals surface area contributed by atoms with Crippen molar-refractivity contribution in [3.05, 3.63) is 40.4 Å². The van der Waals surface area contributed by atoms with Gasteiger partial charge in [0.05, 0.1) is 6.26 Å². The molecule has 0 aromatic heterocycles. The second-order valence-electron chi connectivity index (χ2n) is 4.85. The molecule has 0 amide bonds. The number of allylic oxidation sites excluding steroid dienone is 2. The summed E-state index contributed by atoms with van der Waals surface area (Å²) in [6, 6.07) is 8.40. The van der Waals surface area contributed by atoms with E-state index in [1.54, 1.807) is 0 Å². The topological polar surface area (TPSA) is 104 Å². The van der Waals surface area contributed by atoms with Crippen LogP contribution in [0.15, 0.2) is 34.8 Å². The molecule has 0 bridgehead atoms. The van der Waals surface area contributed by atoms with Gasteiger partial charge >= 0.3 is 0 Å². The highest BCUT2D eigenvalue weighted by atomic mass is 79.9. The maximum Gasteiger partial charge on any atom is 0.261 e. The standard InChI is InChI=1S/C13H15BrN2S.CH4O3S/c14-11-5-1-3-9(7-11)12-6-2-4-10(12)8-17-13(15)16;1-5(2,3)4/h1,3,5-7,10H,2,4,8H2,(H3,15,16);1H3,(H,2,3,4). The van der Waals surface area contributed by atoms with Crippen molar-refractivity contribution in [2.45, 2.75) is 12.8 Å². The molecule has 2 rings (SSSR count). The predicted molar refractivity (Wildman–Crippen MR) is 96.7 cm³/mol. The molecule has 22 heavy (non-hydrogen) atoms. The molecule has 4 N–H and O–H groups in total. The lowest BCUT2D eigenvalue weighted by Gasteiger charge is -2.14. The number of amidine groups is 1. The van der Waals surface area contributed by atoms with Crippen LogP contribution in [-0.4, -0.2) is 30.1 Å². The van der Waals surface area contributed by atoms with Crippen LogP contribution in [0.3, 0.4) is 0 Å². The largest absolute Gasteiger partial charge is 0.379 e. The molecule has 1 aromatic carbocycles. The molecule has 0 aliphatic heterocycles. The fourth-order valence-electron chi connectivity index (χ4n) is 2.15. The quantitative estimate of drug-likeness (QED) is 0.405. The first-order valence-electron chi connectivity index (χ1n) is 6.52. The highest BCUT2D eigenvalue weighted by molar-refractivity contribution is 9.10. The molecular weight excluding hydrogens is 388 g/mol. The lowest BCUT2D eigenvalue weighted by atomic mass is 9.97. The maximum atomic E-state index is 9.19. The van der Waals surface area contributed by atoms with Gasteiger partial charge in [-0.2, -0.15) is 8.42 Å². The average molecular weight is 407 g/mol. The highest BCUT2D eigenvalue weighted by Gasteiger charge is 2.20. The summed E-state index contributed by atoms with van der Waals surface area (Å²) in [4.78, 5) is 0. The molecule has 0 fully saturated rings. The van der Waals surface area contributed by atoms with Crippen LogP contribution in [0.25, 0.3) is 5.57 Å². The van der Waals surface area contributed by atoms with Gasteiger partial charge in [0.25, 0.3) is 10.1 Å². The smallest absolute Gasteiger partial charge is 0.261 e. The first-order chi connectivity index (χ1) is 10.2. The van der Waals surface area contributed by atoms with E-state index in [2.05, 4.69) is 40.2 Å². The minimum absolute atomic E-state index is 0.213. The first kappa shape index (κ1) is 19.2. The van der Waals surface area contributed by atoms with Crippen LogP contribution >= 0.6 is 27.7 Å². The van der Waals surface area contributed by atoms with Gasteiger partial charge in [0, 0.05) is 10.2 Å². The first-order valence-corrected chi connectivity index (χ1v) is 10.1. The summed E-state index contributed by atoms with van der Waals surface area (Å²) in [6.45, 7) is 0. The number of halogens is 1. The molecule has 0 saturated carbocycles. The van der Waals surface area contributed by atoms with Gasteiger partial charge in [0.15, 0.2) is 5.17 Å². The third-order valence-corrected chi connectivity index (χ3v) is 4.29. The molecule has 0 heterocycles. The zero-order valence-corrected chi connectivity index (χ0v) is 15.3. The fraction of sp³-hybridized carbons (Fsp3) is 0.357. The molecule has 1 aromatic rings. The lowest BCUT2D eigenvalue weighted by molar-refractivity contribution is 0.490. The second-order valence-corrected chi connectivity index (χ2v) is 8.30. The third-order valence-electron chi connectivity index (χ3n) is 2.92. The molecule has 1 unspecified atom stereocenters. The summed E-state index contributed by atoms with van der Waals surface area (Å²) in [6.07, 6.45) is 5.33. The van der Waals surface area contributed by atoms with E-state index in [0.717, 1.165) is 16.6 Å². The lowest BCUT2D eigenvalue weighted by Crippen LogP contribution is -2.10. The molecule has 5 nitrogen and oxygen atoms in total. The number of hydrogen-bond donors (Lipinski definition) is 3. The SMILES string of the molecule is CS(=O)(=O)O.N=C(N)SCC1CCC=C1c1cccc(Br)c1. The molecular formula is C14H19BrN2O3S2. The van der Waals surface area contributed by atoms with Gasteiger partial charge in [-0.3, -0.25) is 9.96 Å². The molecule has 0 saturated heterocycles. The van der Waals surface area contributed by atoms with Crippen LogP contribution in [0.5, 0.6) is 0 Å². The zero-order valence-electron chi connectivity index (χ0n) is 12.1. The number of rotatable bonds is 3. The van der Waals surface area contributed by atoms with E-state index in [1.807, 2.05) is 6.07 Å². The van der Waals surface area contributed by atoms with E-state index < -0.39 is 10.1 Å². The van der Waals surface area contributed by atoms with Crippen molar-refractivity contribution in [1.29, 1.82) is 5.41 Å². The molecule has 8 heteroatoms. The Morgan fingerprint density at radius 2 is 2.18 bits per heavy atom. The van der Waals surface area contributed by atoms with Crippen molar-refractivity contribution in [3.63, 3.8) is 0 Å². The Morgan fingerprint density at radius 1 is 1.55 bits per heavy atom. The van der Waals surface area contributed by atoms with Crippen molar-refractivity contribution in [2.75, 3.05) is 12.0 Å². The van der Waals surface area contributed by atoms with Crippen LogP contribution in [0.4, 0.5) is 0 Å². The van der Waals surface area contributed by atoms with E-state index in [4.69, 9.17) is 15.7 Å². The molecule has 1 aliphatic rings. The van der Waals surface area contributed by atoms with Gasteiger partial charge in [-0.25, -0.2) is 0 Å². The summed E-state index contributed by atoms with van der Waals surface area (Å²) in [5.41, 5.74) is 8.08. The highest BCUT2D eigenvalue weighted by Crippen LogP contribution is 2.36. The molecule has 1 aliphatic carbocycles. The van der Waals surface area contributed by atoms with Gasteiger partial charge < -0.3 is 5.73 Å². The van der Waals surface area contributed by atoms with Crippen LogP contribution in [0.1, 0.15) is 18.4 Å². The maximum absolute atomic E-state index is 9.19. The van der Waals surface area contributed by atoms with Crippen LogP contribution in [0.2, 0.25) is 0 Å². The number of benzene rings is 1. The van der Waals surface area contributed by atoms with Crippen molar-refractivity contribution in [3.8, 4) is 0 Å². The van der Waals surface area contributed by atoms with Gasteiger partial charge in [-0.05, 0) is 42.0 Å². The van der Waals surface area contributed by atoms with E-state index in [-0.39, 0.29) is 5.17 Å². The van der Waals surface area contributed by atoms with Crippen LogP contribution < -0.4 is 5.73 Å². The Balaban J connectivity index is 0.000000422. The monoisotopic (exact) mass is 406 g/mol. The number of nitrogens with one attached hydrogen (secondary N) is 1. The Morgan fingerprint density at radius 3 is 2.73 bits per heavy atom. The minimum atomic E-state index is -3.67. The van der Waals surface area contributed by atoms with Gasteiger partial charge in [-0.1, -0.05) is 45.9 Å². The van der Waals surface area contributed by atoms with E-state index >= 15 is 0 Å². The van der Waals surface area contributed by atoms with Crippen molar-refractivity contribution in [1.82, 2.24) is 0 Å². The minimum Gasteiger partial charge on any atom is -0.379 e. The Bertz CT molecular complexity index is 652. The number of nitrogens with two attached hydrogens (primary N) is 1. The Kier molecular flexibility index (Phi) is 7.61. The van der Waals surface area contributed by atoms with Gasteiger partial charge in [0.2, 0.25) is 0 Å². The number of hydrogen-bond acceptors (Lipinski definition) is 4. The van der Waals surface area contributed by atoms with Crippen molar-refractivity contribution in [2.24, 2.45) is 11.7 Å². The Hall–Kier alpha value is -0.830. The Labute approximate surface area is 143 Å². The fourth-order valence-corrected chi connectivity index (χ4v) is 3.27. The van der Waals surface area contributed by atoms with Crippen LogP contribution in [-0.2, 0) is 10.1 Å². The molecule has 122 valence electrons. The van der Waals surface area contributed by atoms with Crippen molar-refractivity contribution >= 4 is 48.6 Å². The normalized spacial score (nSPS) is 17.4. The predicted octanol–water partition coefficient (Wildman–Crippen LogP) is 3.37. The third kappa shape index (κ3) is 7.98. The molecule has 0 spiro atoms. The summed E-state index contributed by atoms with van der Waals surface area (Å²) in [5.74, 6) is 1.44. The summed E-state index contributed by atoms with van der Waals surface area (Å²) in [5, 5.41) is 7.49.